The van der Waals surface area contributed by atoms with Gasteiger partial charge < -0.3 is 5.32 Å². The molecule has 0 saturated carbocycles. The van der Waals surface area contributed by atoms with Crippen molar-refractivity contribution in [1.29, 1.82) is 5.26 Å². The lowest BCUT2D eigenvalue weighted by atomic mass is 10.1. The molecule has 0 aliphatic rings. The molecule has 1 N–H and O–H groups in total. The van der Waals surface area contributed by atoms with Gasteiger partial charge in [-0.05, 0) is 38.5 Å². The number of nitro groups is 1. The summed E-state index contributed by atoms with van der Waals surface area (Å²) in [5.41, 5.74) is 2.28. The fourth-order valence-corrected chi connectivity index (χ4v) is 3.21. The summed E-state index contributed by atoms with van der Waals surface area (Å²) >= 11 is 1.18. The van der Waals surface area contributed by atoms with Crippen LogP contribution in [0, 0.1) is 35.3 Å². The summed E-state index contributed by atoms with van der Waals surface area (Å²) in [4.78, 5) is 27.0. The largest absolute Gasteiger partial charge is 0.325 e. The molecule has 7 nitrogen and oxygen atoms in total. The van der Waals surface area contributed by atoms with E-state index < -0.39 is 10.2 Å². The molecule has 0 aliphatic carbocycles. The molecule has 0 aliphatic heterocycles. The molecule has 1 aromatic heterocycles. The van der Waals surface area contributed by atoms with E-state index in [9.17, 15) is 20.2 Å². The summed E-state index contributed by atoms with van der Waals surface area (Å²) in [6, 6.07) is 9.67. The van der Waals surface area contributed by atoms with Gasteiger partial charge in [0.15, 0.2) is 0 Å². The minimum atomic E-state index is -0.528. The van der Waals surface area contributed by atoms with Crippen molar-refractivity contribution in [1.82, 2.24) is 4.98 Å². The maximum absolute atomic E-state index is 12.4. The number of amides is 1. The molecule has 2 aromatic rings. The molecule has 0 fully saturated rings. The summed E-state index contributed by atoms with van der Waals surface area (Å²) < 4.78 is 0. The van der Waals surface area contributed by atoms with Gasteiger partial charge in [-0.1, -0.05) is 17.8 Å². The van der Waals surface area contributed by atoms with Crippen LogP contribution in [0.15, 0.2) is 35.4 Å². The number of thioether (sulfide) groups is 1. The van der Waals surface area contributed by atoms with Gasteiger partial charge in [0, 0.05) is 23.5 Å². The zero-order valence-electron chi connectivity index (χ0n) is 13.9. The molecule has 25 heavy (non-hydrogen) atoms. The first-order valence-electron chi connectivity index (χ1n) is 7.42. The van der Waals surface area contributed by atoms with Crippen LogP contribution in [0.2, 0.25) is 0 Å². The Morgan fingerprint density at radius 1 is 1.40 bits per heavy atom. The number of rotatable bonds is 5. The number of hydrogen-bond acceptors (Lipinski definition) is 6. The lowest BCUT2D eigenvalue weighted by Crippen LogP contribution is -2.22. The average molecular weight is 356 g/mol. The third-order valence-electron chi connectivity index (χ3n) is 3.41. The number of non-ortho nitro benzene ring substituents is 1. The molecular formula is C17H16N4O3S. The van der Waals surface area contributed by atoms with E-state index in [0.717, 1.165) is 11.3 Å². The van der Waals surface area contributed by atoms with Crippen molar-refractivity contribution < 1.29 is 9.72 Å². The van der Waals surface area contributed by atoms with Crippen molar-refractivity contribution in [3.05, 3.63) is 57.3 Å². The quantitative estimate of drug-likeness (QED) is 0.498. The normalized spacial score (nSPS) is 11.4. The van der Waals surface area contributed by atoms with Crippen LogP contribution >= 0.6 is 11.8 Å². The van der Waals surface area contributed by atoms with Crippen LogP contribution in [0.5, 0.6) is 0 Å². The predicted octanol–water partition coefficient (Wildman–Crippen LogP) is 3.60. The van der Waals surface area contributed by atoms with Crippen molar-refractivity contribution in [2.75, 3.05) is 5.32 Å². The molecule has 1 unspecified atom stereocenters. The molecule has 1 atom stereocenters. The maximum atomic E-state index is 12.4. The zero-order valence-corrected chi connectivity index (χ0v) is 14.8. The van der Waals surface area contributed by atoms with Crippen molar-refractivity contribution in [2.45, 2.75) is 31.0 Å². The molecule has 0 radical (unpaired) electrons. The minimum Gasteiger partial charge on any atom is -0.325 e. The topological polar surface area (TPSA) is 109 Å². The number of carbonyl (C=O) groups excluding carboxylic acids is 1. The van der Waals surface area contributed by atoms with Gasteiger partial charge in [-0.25, -0.2) is 4.98 Å². The van der Waals surface area contributed by atoms with Crippen molar-refractivity contribution in [3.8, 4) is 6.07 Å². The van der Waals surface area contributed by atoms with Gasteiger partial charge in [0.1, 0.15) is 11.1 Å². The van der Waals surface area contributed by atoms with Crippen molar-refractivity contribution >= 4 is 29.0 Å². The SMILES string of the molecule is Cc1cc(C)c(C#N)c(SC(C)C(=O)Nc2cccc([N+](=O)[O-])c2)n1. The van der Waals surface area contributed by atoms with Gasteiger partial charge in [-0.15, -0.1) is 0 Å². The second-order valence-corrected chi connectivity index (χ2v) is 6.76. The number of carbonyl (C=O) groups is 1. The van der Waals surface area contributed by atoms with E-state index in [2.05, 4.69) is 16.4 Å². The van der Waals surface area contributed by atoms with Crippen LogP contribution in [-0.4, -0.2) is 21.1 Å². The number of hydrogen-bond donors (Lipinski definition) is 1. The number of aromatic nitrogens is 1. The summed E-state index contributed by atoms with van der Waals surface area (Å²) in [5, 5.41) is 22.7. The van der Waals surface area contributed by atoms with Crippen LogP contribution in [0.4, 0.5) is 11.4 Å². The first kappa shape index (κ1) is 18.4. The third-order valence-corrected chi connectivity index (χ3v) is 4.49. The number of nitro benzene ring substituents is 1. The lowest BCUT2D eigenvalue weighted by molar-refractivity contribution is -0.384. The Morgan fingerprint density at radius 3 is 2.76 bits per heavy atom. The Labute approximate surface area is 149 Å². The monoisotopic (exact) mass is 356 g/mol. The van der Waals surface area contributed by atoms with E-state index in [1.165, 1.54) is 30.0 Å². The van der Waals surface area contributed by atoms with Crippen LogP contribution in [0.3, 0.4) is 0 Å². The third kappa shape index (κ3) is 4.55. The van der Waals surface area contributed by atoms with E-state index in [0.29, 0.717) is 16.3 Å². The first-order valence-corrected chi connectivity index (χ1v) is 8.30. The molecule has 2 rings (SSSR count). The fraction of sp³-hybridized carbons (Fsp3) is 0.235. The van der Waals surface area contributed by atoms with Gasteiger partial charge in [0.05, 0.1) is 15.7 Å². The molecule has 0 bridgehead atoms. The predicted molar refractivity (Wildman–Crippen MR) is 95.5 cm³/mol. The van der Waals surface area contributed by atoms with Gasteiger partial charge in [0.25, 0.3) is 5.69 Å². The molecule has 1 amide bonds. The van der Waals surface area contributed by atoms with E-state index in [1.807, 2.05) is 19.9 Å². The average Bonchev–Trinajstić information content (AvgIpc) is 2.54. The van der Waals surface area contributed by atoms with E-state index >= 15 is 0 Å². The molecule has 1 aromatic carbocycles. The number of benzene rings is 1. The van der Waals surface area contributed by atoms with Crippen LogP contribution < -0.4 is 5.32 Å². The molecule has 0 saturated heterocycles. The van der Waals surface area contributed by atoms with Gasteiger partial charge in [0.2, 0.25) is 5.91 Å². The number of pyridine rings is 1. The zero-order chi connectivity index (χ0) is 18.6. The minimum absolute atomic E-state index is 0.0964. The number of nitrogens with one attached hydrogen (secondary N) is 1. The van der Waals surface area contributed by atoms with Crippen molar-refractivity contribution in [3.63, 3.8) is 0 Å². The molecule has 1 heterocycles. The highest BCUT2D eigenvalue weighted by Gasteiger charge is 2.19. The first-order chi connectivity index (χ1) is 11.8. The number of nitriles is 1. The van der Waals surface area contributed by atoms with Crippen LogP contribution in [0.25, 0.3) is 0 Å². The summed E-state index contributed by atoms with van der Waals surface area (Å²) in [6.07, 6.45) is 0. The Morgan fingerprint density at radius 2 is 2.12 bits per heavy atom. The van der Waals surface area contributed by atoms with Crippen molar-refractivity contribution in [2.24, 2.45) is 0 Å². The van der Waals surface area contributed by atoms with Gasteiger partial charge in [-0.3, -0.25) is 14.9 Å². The molecule has 128 valence electrons. The number of nitrogens with zero attached hydrogens (tertiary/aromatic N) is 3. The van der Waals surface area contributed by atoms with E-state index in [1.54, 1.807) is 13.0 Å². The summed E-state index contributed by atoms with van der Waals surface area (Å²) in [6.45, 7) is 5.34. The summed E-state index contributed by atoms with van der Waals surface area (Å²) in [7, 11) is 0. The Balaban J connectivity index is 2.15. The van der Waals surface area contributed by atoms with Crippen LogP contribution in [0.1, 0.15) is 23.7 Å². The molecule has 0 spiro atoms. The Kier molecular flexibility index (Phi) is 5.72. The second-order valence-electron chi connectivity index (χ2n) is 5.43. The van der Waals surface area contributed by atoms with Gasteiger partial charge in [-0.2, -0.15) is 5.26 Å². The van der Waals surface area contributed by atoms with Crippen LogP contribution in [-0.2, 0) is 4.79 Å². The second kappa shape index (κ2) is 7.77. The van der Waals surface area contributed by atoms with E-state index in [4.69, 9.17) is 0 Å². The number of aryl methyl sites for hydroxylation is 2. The van der Waals surface area contributed by atoms with E-state index in [-0.39, 0.29) is 11.6 Å². The Bertz CT molecular complexity index is 877. The number of anilines is 1. The Hall–Kier alpha value is -2.92. The molecule has 8 heteroatoms. The highest BCUT2D eigenvalue weighted by molar-refractivity contribution is 8.00. The smallest absolute Gasteiger partial charge is 0.271 e. The maximum Gasteiger partial charge on any atom is 0.271 e. The standard InChI is InChI=1S/C17H16N4O3S/c1-10-7-11(2)19-17(15(10)9-18)25-12(3)16(22)20-13-5-4-6-14(8-13)21(23)24/h4-8,12H,1-3H3,(H,20,22). The summed E-state index contributed by atoms with van der Waals surface area (Å²) in [5.74, 6) is -0.324. The van der Waals surface area contributed by atoms with Gasteiger partial charge >= 0.3 is 0 Å². The lowest BCUT2D eigenvalue weighted by Gasteiger charge is -2.13. The molecular weight excluding hydrogens is 340 g/mol. The highest BCUT2D eigenvalue weighted by Crippen LogP contribution is 2.28. The fourth-order valence-electron chi connectivity index (χ4n) is 2.19. The highest BCUT2D eigenvalue weighted by atomic mass is 32.2.